The molecule has 100 valence electrons. The van der Waals surface area contributed by atoms with Crippen LogP contribution in [0.25, 0.3) is 0 Å². The third-order valence-electron chi connectivity index (χ3n) is 2.29. The van der Waals surface area contributed by atoms with Gasteiger partial charge in [0.15, 0.2) is 0 Å². The molecule has 0 spiro atoms. The Balaban J connectivity index is 2.50. The largest absolute Gasteiger partial charge is 0.530 e. The number of rotatable bonds is 5. The number of hydrogen-bond donors (Lipinski definition) is 2. The van der Waals surface area contributed by atoms with Crippen molar-refractivity contribution in [3.8, 4) is 12.3 Å². The van der Waals surface area contributed by atoms with Crippen LogP contribution in [-0.4, -0.2) is 25.1 Å². The molecule has 0 fully saturated rings. The first kappa shape index (κ1) is 15.3. The van der Waals surface area contributed by atoms with Crippen molar-refractivity contribution in [3.63, 3.8) is 0 Å². The quantitative estimate of drug-likeness (QED) is 0.445. The highest BCUT2D eigenvalue weighted by Gasteiger charge is 2.09. The molecule has 0 aliphatic rings. The molecule has 0 bridgehead atoms. The van der Waals surface area contributed by atoms with Crippen molar-refractivity contribution < 1.29 is 14.7 Å². The molecule has 1 aromatic carbocycles. The summed E-state index contributed by atoms with van der Waals surface area (Å²) in [4.78, 5) is 22.0. The molecule has 0 unspecified atom stereocenters. The van der Waals surface area contributed by atoms with Gasteiger partial charge in [0, 0.05) is 22.2 Å². The van der Waals surface area contributed by atoms with Gasteiger partial charge in [-0.2, -0.15) is 0 Å². The molecule has 0 saturated carbocycles. The molecular formula is C13H12IN2O3-. The monoisotopic (exact) mass is 371 g/mol. The van der Waals surface area contributed by atoms with Crippen LogP contribution in [0.15, 0.2) is 18.2 Å². The van der Waals surface area contributed by atoms with Gasteiger partial charge in [-0.05, 0) is 47.2 Å². The maximum absolute atomic E-state index is 11.9. The van der Waals surface area contributed by atoms with E-state index in [1.165, 1.54) is 0 Å². The van der Waals surface area contributed by atoms with Crippen molar-refractivity contribution in [2.45, 2.75) is 6.42 Å². The fourth-order valence-corrected chi connectivity index (χ4v) is 1.95. The van der Waals surface area contributed by atoms with E-state index in [2.05, 4.69) is 39.1 Å². The minimum absolute atomic E-state index is 0.227. The Kier molecular flexibility index (Phi) is 6.15. The first-order valence-corrected chi connectivity index (χ1v) is 6.61. The Labute approximate surface area is 124 Å². The Hall–Kier alpha value is -1.75. The van der Waals surface area contributed by atoms with Gasteiger partial charge < -0.3 is 20.5 Å². The predicted octanol–water partition coefficient (Wildman–Crippen LogP) is 0.325. The molecule has 5 nitrogen and oxygen atoms in total. The fourth-order valence-electron chi connectivity index (χ4n) is 1.37. The molecule has 6 heteroatoms. The molecule has 0 aliphatic carbocycles. The van der Waals surface area contributed by atoms with E-state index in [1.807, 2.05) is 0 Å². The van der Waals surface area contributed by atoms with Crippen molar-refractivity contribution in [2.75, 3.05) is 13.1 Å². The number of terminal acetylenes is 1. The maximum Gasteiger partial charge on any atom is 0.252 e. The van der Waals surface area contributed by atoms with E-state index in [4.69, 9.17) is 6.42 Å². The predicted molar refractivity (Wildman–Crippen MR) is 77.4 cm³/mol. The van der Waals surface area contributed by atoms with Crippen LogP contribution >= 0.6 is 22.6 Å². The lowest BCUT2D eigenvalue weighted by Crippen LogP contribution is -2.38. The van der Waals surface area contributed by atoms with Crippen LogP contribution in [0.4, 0.5) is 4.79 Å². The summed E-state index contributed by atoms with van der Waals surface area (Å²) in [7, 11) is 0. The molecular weight excluding hydrogens is 359 g/mol. The number of carbonyl (C=O) groups excluding carboxylic acids is 2. The zero-order chi connectivity index (χ0) is 14.3. The van der Waals surface area contributed by atoms with Gasteiger partial charge in [0.05, 0.1) is 5.56 Å². The first-order chi connectivity index (χ1) is 9.04. The van der Waals surface area contributed by atoms with E-state index in [9.17, 15) is 14.7 Å². The van der Waals surface area contributed by atoms with Gasteiger partial charge in [-0.25, -0.2) is 0 Å². The van der Waals surface area contributed by atoms with E-state index < -0.39 is 6.09 Å². The molecule has 0 atom stereocenters. The lowest BCUT2D eigenvalue weighted by Gasteiger charge is -2.09. The van der Waals surface area contributed by atoms with Gasteiger partial charge in [-0.15, -0.1) is 6.42 Å². The van der Waals surface area contributed by atoms with Gasteiger partial charge in [0.25, 0.3) is 5.91 Å². The van der Waals surface area contributed by atoms with Crippen LogP contribution in [0.1, 0.15) is 22.3 Å². The highest BCUT2D eigenvalue weighted by atomic mass is 127. The van der Waals surface area contributed by atoms with Crippen LogP contribution in [0.3, 0.4) is 0 Å². The van der Waals surface area contributed by atoms with Gasteiger partial charge in [0.1, 0.15) is 6.09 Å². The summed E-state index contributed by atoms with van der Waals surface area (Å²) in [5.74, 6) is 2.25. The molecule has 19 heavy (non-hydrogen) atoms. The van der Waals surface area contributed by atoms with E-state index in [0.29, 0.717) is 24.1 Å². The molecule has 0 saturated heterocycles. The van der Waals surface area contributed by atoms with Gasteiger partial charge in [0.2, 0.25) is 0 Å². The zero-order valence-corrected chi connectivity index (χ0v) is 12.2. The number of benzene rings is 1. The summed E-state index contributed by atoms with van der Waals surface area (Å²) in [5, 5.41) is 14.9. The Morgan fingerprint density at radius 3 is 2.63 bits per heavy atom. The second kappa shape index (κ2) is 7.63. The Morgan fingerprint density at radius 1 is 1.32 bits per heavy atom. The van der Waals surface area contributed by atoms with E-state index in [0.717, 1.165) is 3.57 Å². The van der Waals surface area contributed by atoms with Gasteiger partial charge in [-0.3, -0.25) is 4.79 Å². The number of nitrogens with one attached hydrogen (secondary N) is 2. The van der Waals surface area contributed by atoms with Gasteiger partial charge >= 0.3 is 0 Å². The SMILES string of the molecule is C#Cc1ccc(I)c(C(=O)NCCCNC(=O)[O-])c1. The fraction of sp³-hybridized carbons (Fsp3) is 0.231. The van der Waals surface area contributed by atoms with Crippen LogP contribution < -0.4 is 15.7 Å². The van der Waals surface area contributed by atoms with Crippen molar-refractivity contribution in [3.05, 3.63) is 32.9 Å². The Morgan fingerprint density at radius 2 is 2.00 bits per heavy atom. The standard InChI is InChI=1S/C13H13IN2O3/c1-2-9-4-5-11(14)10(8-9)12(17)15-6-3-7-16-13(18)19/h1,4-5,8,16H,3,6-7H2,(H,15,17)(H,18,19)/p-1. The summed E-state index contributed by atoms with van der Waals surface area (Å²) in [6.45, 7) is 0.611. The van der Waals surface area contributed by atoms with Gasteiger partial charge in [-0.1, -0.05) is 5.92 Å². The average Bonchev–Trinajstić information content (AvgIpc) is 2.38. The number of hydrogen-bond acceptors (Lipinski definition) is 3. The Bertz CT molecular complexity index is 523. The summed E-state index contributed by atoms with van der Waals surface area (Å²) in [6.07, 6.45) is 4.46. The topological polar surface area (TPSA) is 81.3 Å². The smallest absolute Gasteiger partial charge is 0.252 e. The lowest BCUT2D eigenvalue weighted by atomic mass is 10.1. The molecule has 0 aromatic heterocycles. The molecule has 2 amide bonds. The zero-order valence-electron chi connectivity index (χ0n) is 10.0. The normalized spacial score (nSPS) is 9.47. The maximum atomic E-state index is 11.9. The first-order valence-electron chi connectivity index (χ1n) is 5.54. The van der Waals surface area contributed by atoms with E-state index in [-0.39, 0.29) is 12.5 Å². The molecule has 2 N–H and O–H groups in total. The third kappa shape index (κ3) is 5.18. The molecule has 0 heterocycles. The van der Waals surface area contributed by atoms with Crippen molar-refractivity contribution >= 4 is 34.6 Å². The number of amides is 2. The lowest BCUT2D eigenvalue weighted by molar-refractivity contribution is -0.250. The highest BCUT2D eigenvalue weighted by molar-refractivity contribution is 14.1. The second-order valence-corrected chi connectivity index (χ2v) is 4.82. The molecule has 1 aromatic rings. The second-order valence-electron chi connectivity index (χ2n) is 3.66. The van der Waals surface area contributed by atoms with Crippen LogP contribution in [0.2, 0.25) is 0 Å². The molecule has 1 rings (SSSR count). The van der Waals surface area contributed by atoms with Crippen molar-refractivity contribution in [1.82, 2.24) is 10.6 Å². The number of halogens is 1. The average molecular weight is 371 g/mol. The minimum atomic E-state index is -1.32. The highest BCUT2D eigenvalue weighted by Crippen LogP contribution is 2.14. The van der Waals surface area contributed by atoms with E-state index in [1.54, 1.807) is 18.2 Å². The van der Waals surface area contributed by atoms with E-state index >= 15 is 0 Å². The van der Waals surface area contributed by atoms with Crippen LogP contribution in [-0.2, 0) is 0 Å². The van der Waals surface area contributed by atoms with Crippen molar-refractivity contribution in [1.29, 1.82) is 0 Å². The molecule has 0 aliphatic heterocycles. The summed E-state index contributed by atoms with van der Waals surface area (Å²) in [5.41, 5.74) is 1.16. The number of carboxylic acid groups (broad SMARTS) is 1. The van der Waals surface area contributed by atoms with Crippen LogP contribution in [0, 0.1) is 15.9 Å². The summed E-state index contributed by atoms with van der Waals surface area (Å²) < 4.78 is 0.807. The molecule has 0 radical (unpaired) electrons. The third-order valence-corrected chi connectivity index (χ3v) is 3.23. The number of carbonyl (C=O) groups is 2. The summed E-state index contributed by atoms with van der Waals surface area (Å²) in [6, 6.07) is 5.20. The van der Waals surface area contributed by atoms with Crippen molar-refractivity contribution in [2.24, 2.45) is 0 Å². The van der Waals surface area contributed by atoms with Crippen LogP contribution in [0.5, 0.6) is 0 Å². The minimum Gasteiger partial charge on any atom is -0.530 e. The summed E-state index contributed by atoms with van der Waals surface area (Å²) >= 11 is 2.06.